The molecule has 116 valence electrons. The van der Waals surface area contributed by atoms with E-state index >= 15 is 0 Å². The summed E-state index contributed by atoms with van der Waals surface area (Å²) in [6, 6.07) is 11.3. The summed E-state index contributed by atoms with van der Waals surface area (Å²) in [7, 11) is -1.36. The van der Waals surface area contributed by atoms with Gasteiger partial charge in [-0.2, -0.15) is 5.26 Å². The first-order valence-corrected chi connectivity index (χ1v) is 11.2. The highest BCUT2D eigenvalue weighted by Crippen LogP contribution is 2.34. The molecule has 0 saturated carbocycles. The summed E-state index contributed by atoms with van der Waals surface area (Å²) in [4.78, 5) is 12.6. The highest BCUT2D eigenvalue weighted by molar-refractivity contribution is 6.83. The molecule has 0 heterocycles. The first-order valence-electron chi connectivity index (χ1n) is 7.66. The van der Waals surface area contributed by atoms with Crippen molar-refractivity contribution in [2.45, 2.75) is 46.3 Å². The molecule has 0 fully saturated rings. The van der Waals surface area contributed by atoms with Gasteiger partial charge in [-0.25, -0.2) is 0 Å². The smallest absolute Gasteiger partial charge is 0.180 e. The summed E-state index contributed by atoms with van der Waals surface area (Å²) in [5.41, 5.74) is 3.56. The Balaban J connectivity index is 2.82. The summed E-state index contributed by atoms with van der Waals surface area (Å²) in [5.74, 6) is 2.50. The average Bonchev–Trinajstić information content (AvgIpc) is 2.44. The minimum absolute atomic E-state index is 0.0914. The Morgan fingerprint density at radius 3 is 2.32 bits per heavy atom. The van der Waals surface area contributed by atoms with Crippen molar-refractivity contribution in [2.24, 2.45) is 11.3 Å². The summed E-state index contributed by atoms with van der Waals surface area (Å²) in [6.07, 6.45) is 1.48. The van der Waals surface area contributed by atoms with E-state index in [2.05, 4.69) is 37.2 Å². The zero-order valence-electron chi connectivity index (χ0n) is 14.2. The van der Waals surface area contributed by atoms with Gasteiger partial charge < -0.3 is 0 Å². The largest absolute Gasteiger partial charge is 0.293 e. The number of Topliss-reactive ketones (excluding diaryl/α,β-unsaturated/α-hetero) is 1. The Hall–Kier alpha value is -1.84. The van der Waals surface area contributed by atoms with Crippen molar-refractivity contribution in [3.05, 3.63) is 35.9 Å². The first kappa shape index (κ1) is 18.2. The van der Waals surface area contributed by atoms with Gasteiger partial charge in [0.05, 0.1) is 6.07 Å². The van der Waals surface area contributed by atoms with Crippen molar-refractivity contribution in [1.82, 2.24) is 0 Å². The molecule has 0 radical (unpaired) electrons. The Bertz CT molecular complexity index is 609. The average molecular weight is 312 g/mol. The van der Waals surface area contributed by atoms with E-state index in [0.29, 0.717) is 5.56 Å². The number of nitriles is 1. The minimum atomic E-state index is -1.36. The van der Waals surface area contributed by atoms with Crippen molar-refractivity contribution in [2.75, 3.05) is 0 Å². The highest BCUT2D eigenvalue weighted by Gasteiger charge is 2.35. The van der Waals surface area contributed by atoms with Gasteiger partial charge in [-0.05, 0) is 11.8 Å². The highest BCUT2D eigenvalue weighted by atomic mass is 28.3. The van der Waals surface area contributed by atoms with Gasteiger partial charge in [-0.15, -0.1) is 11.5 Å². The fraction of sp³-hybridized carbons (Fsp3) is 0.474. The molecule has 0 aliphatic rings. The van der Waals surface area contributed by atoms with Gasteiger partial charge in [0.2, 0.25) is 0 Å². The van der Waals surface area contributed by atoms with Crippen LogP contribution in [0.25, 0.3) is 0 Å². The maximum Gasteiger partial charge on any atom is 0.180 e. The lowest BCUT2D eigenvalue weighted by Gasteiger charge is -2.28. The summed E-state index contributed by atoms with van der Waals surface area (Å²) in [5, 5.41) is 9.48. The Kier molecular flexibility index (Phi) is 6.15. The molecule has 1 atom stereocenters. The van der Waals surface area contributed by atoms with Crippen LogP contribution in [-0.4, -0.2) is 13.9 Å². The van der Waals surface area contributed by atoms with Crippen LogP contribution in [0, 0.1) is 34.1 Å². The topological polar surface area (TPSA) is 40.9 Å². The number of hydrogen-bond donors (Lipinski definition) is 0. The lowest BCUT2D eigenvalue weighted by Crippen LogP contribution is -2.30. The van der Waals surface area contributed by atoms with Crippen LogP contribution in [-0.2, 0) is 0 Å². The molecular weight excluding hydrogens is 286 g/mol. The van der Waals surface area contributed by atoms with E-state index in [1.807, 2.05) is 32.0 Å². The van der Waals surface area contributed by atoms with Gasteiger partial charge in [0.25, 0.3) is 0 Å². The SMILES string of the molecule is CC(C)(CCC#C[Si](C)(C)C)C(C#N)C(=O)c1ccccc1. The molecule has 1 aromatic rings. The molecule has 3 heteroatoms. The third kappa shape index (κ3) is 5.51. The van der Waals surface area contributed by atoms with Crippen LogP contribution >= 0.6 is 0 Å². The van der Waals surface area contributed by atoms with E-state index in [1.54, 1.807) is 12.1 Å². The zero-order chi connectivity index (χ0) is 16.8. The Morgan fingerprint density at radius 2 is 1.82 bits per heavy atom. The molecule has 1 aromatic carbocycles. The fourth-order valence-electron chi connectivity index (χ4n) is 2.21. The number of ketones is 1. The predicted molar refractivity (Wildman–Crippen MR) is 94.0 cm³/mol. The summed E-state index contributed by atoms with van der Waals surface area (Å²) < 4.78 is 0. The molecule has 0 N–H and O–H groups in total. The van der Waals surface area contributed by atoms with Crippen molar-refractivity contribution in [1.29, 1.82) is 5.26 Å². The number of benzene rings is 1. The lowest BCUT2D eigenvalue weighted by molar-refractivity contribution is 0.0854. The maximum absolute atomic E-state index is 12.6. The molecule has 0 saturated heterocycles. The number of hydrogen-bond acceptors (Lipinski definition) is 2. The van der Waals surface area contributed by atoms with Gasteiger partial charge in [0, 0.05) is 12.0 Å². The number of carbonyl (C=O) groups excluding carboxylic acids is 1. The van der Waals surface area contributed by atoms with Gasteiger partial charge in [-0.1, -0.05) is 63.8 Å². The van der Waals surface area contributed by atoms with Gasteiger partial charge in [0.15, 0.2) is 5.78 Å². The van der Waals surface area contributed by atoms with E-state index in [9.17, 15) is 10.1 Å². The minimum Gasteiger partial charge on any atom is -0.293 e. The van der Waals surface area contributed by atoms with Crippen LogP contribution in [0.4, 0.5) is 0 Å². The van der Waals surface area contributed by atoms with Gasteiger partial charge >= 0.3 is 0 Å². The van der Waals surface area contributed by atoms with Crippen LogP contribution in [0.2, 0.25) is 19.6 Å². The molecule has 0 aliphatic carbocycles. The second-order valence-corrected chi connectivity index (χ2v) is 12.1. The molecule has 0 aliphatic heterocycles. The van der Waals surface area contributed by atoms with Crippen LogP contribution in [0.5, 0.6) is 0 Å². The summed E-state index contributed by atoms with van der Waals surface area (Å²) >= 11 is 0. The lowest BCUT2D eigenvalue weighted by atomic mass is 9.73. The van der Waals surface area contributed by atoms with Crippen LogP contribution in [0.1, 0.15) is 37.0 Å². The van der Waals surface area contributed by atoms with Gasteiger partial charge in [-0.3, -0.25) is 4.79 Å². The Labute approximate surface area is 135 Å². The maximum atomic E-state index is 12.6. The number of nitrogens with zero attached hydrogens (tertiary/aromatic N) is 1. The molecule has 2 nitrogen and oxygen atoms in total. The monoisotopic (exact) mass is 311 g/mol. The molecule has 1 rings (SSSR count). The van der Waals surface area contributed by atoms with Gasteiger partial charge in [0.1, 0.15) is 14.0 Å². The predicted octanol–water partition coefficient (Wildman–Crippen LogP) is 4.70. The second-order valence-electron chi connectivity index (χ2n) is 7.33. The Morgan fingerprint density at radius 1 is 1.23 bits per heavy atom. The first-order chi connectivity index (χ1) is 10.2. The second kappa shape index (κ2) is 7.43. The zero-order valence-corrected chi connectivity index (χ0v) is 15.2. The normalized spacial score (nSPS) is 12.7. The van der Waals surface area contributed by atoms with Crippen LogP contribution in [0.3, 0.4) is 0 Å². The quantitative estimate of drug-likeness (QED) is 0.449. The molecular formula is C19H25NOSi. The molecule has 0 aromatic heterocycles. The van der Waals surface area contributed by atoms with E-state index in [4.69, 9.17) is 0 Å². The van der Waals surface area contributed by atoms with Crippen LogP contribution in [0.15, 0.2) is 30.3 Å². The third-order valence-corrected chi connectivity index (χ3v) is 4.52. The molecule has 22 heavy (non-hydrogen) atoms. The number of rotatable bonds is 5. The molecule has 1 unspecified atom stereocenters. The van der Waals surface area contributed by atoms with Crippen molar-refractivity contribution in [3.8, 4) is 17.5 Å². The molecule has 0 bridgehead atoms. The van der Waals surface area contributed by atoms with Crippen molar-refractivity contribution >= 4 is 13.9 Å². The fourth-order valence-corrected chi connectivity index (χ4v) is 2.87. The van der Waals surface area contributed by atoms with Crippen molar-refractivity contribution in [3.63, 3.8) is 0 Å². The molecule has 0 spiro atoms. The molecule has 0 amide bonds. The number of carbonyl (C=O) groups is 1. The van der Waals surface area contributed by atoms with Crippen molar-refractivity contribution < 1.29 is 4.79 Å². The van der Waals surface area contributed by atoms with E-state index in [1.165, 1.54) is 0 Å². The van der Waals surface area contributed by atoms with E-state index in [-0.39, 0.29) is 11.2 Å². The summed E-state index contributed by atoms with van der Waals surface area (Å²) in [6.45, 7) is 10.6. The van der Waals surface area contributed by atoms with E-state index in [0.717, 1.165) is 12.8 Å². The van der Waals surface area contributed by atoms with Crippen LogP contribution < -0.4 is 0 Å². The standard InChI is InChI=1S/C19H25NOSi/c1-19(2,13-9-10-14-22(3,4)5)17(15-20)18(21)16-11-7-6-8-12-16/h6-8,11-12,17H,9,13H2,1-5H3. The third-order valence-electron chi connectivity index (χ3n) is 3.59. The van der Waals surface area contributed by atoms with E-state index < -0.39 is 14.0 Å².